The van der Waals surface area contributed by atoms with Crippen LogP contribution in [0.5, 0.6) is 5.75 Å². The molecule has 0 saturated carbocycles. The van der Waals surface area contributed by atoms with Crippen LogP contribution in [0.15, 0.2) is 18.2 Å². The summed E-state index contributed by atoms with van der Waals surface area (Å²) in [6.07, 6.45) is 3.53. The molecule has 1 unspecified atom stereocenters. The molecule has 140 valence electrons. The molecule has 0 spiro atoms. The summed E-state index contributed by atoms with van der Waals surface area (Å²) in [5.41, 5.74) is 0.259. The first-order valence-corrected chi connectivity index (χ1v) is 8.44. The lowest BCUT2D eigenvalue weighted by Gasteiger charge is -2.22. The second kappa shape index (κ2) is 11.1. The van der Waals surface area contributed by atoms with Crippen LogP contribution >= 0.6 is 12.4 Å². The summed E-state index contributed by atoms with van der Waals surface area (Å²) in [4.78, 5) is 23.8. The van der Waals surface area contributed by atoms with E-state index in [2.05, 4.69) is 10.6 Å². The fourth-order valence-electron chi connectivity index (χ4n) is 2.89. The molecule has 1 saturated heterocycles. The molecule has 7 heteroatoms. The zero-order valence-corrected chi connectivity index (χ0v) is 15.3. The van der Waals surface area contributed by atoms with Gasteiger partial charge in [-0.1, -0.05) is 0 Å². The maximum atomic E-state index is 13.6. The number of carbonyl (C=O) groups excluding carboxylic acids is 2. The zero-order chi connectivity index (χ0) is 17.4. The largest absolute Gasteiger partial charge is 0.494 e. The van der Waals surface area contributed by atoms with Crippen molar-refractivity contribution < 1.29 is 18.7 Å². The van der Waals surface area contributed by atoms with Gasteiger partial charge in [0, 0.05) is 24.9 Å². The number of carbonyl (C=O) groups is 2. The molecule has 5 nitrogen and oxygen atoms in total. The van der Waals surface area contributed by atoms with Crippen molar-refractivity contribution in [3.8, 4) is 5.75 Å². The number of ketones is 1. The highest BCUT2D eigenvalue weighted by Crippen LogP contribution is 2.19. The van der Waals surface area contributed by atoms with E-state index in [1.807, 2.05) is 0 Å². The molecule has 2 N–H and O–H groups in total. The van der Waals surface area contributed by atoms with Crippen molar-refractivity contribution in [2.45, 2.75) is 32.1 Å². The lowest BCUT2D eigenvalue weighted by atomic mass is 9.96. The molecule has 2 rings (SSSR count). The van der Waals surface area contributed by atoms with Crippen LogP contribution in [-0.4, -0.2) is 38.4 Å². The van der Waals surface area contributed by atoms with Gasteiger partial charge in [0.15, 0.2) is 17.3 Å². The molecule has 1 fully saturated rings. The van der Waals surface area contributed by atoms with Crippen molar-refractivity contribution >= 4 is 24.1 Å². The second-order valence-electron chi connectivity index (χ2n) is 6.12. The zero-order valence-electron chi connectivity index (χ0n) is 14.5. The SMILES string of the molecule is COc1ccc(C(=O)CCC(=O)NCCC2CCCNC2)cc1F.Cl. The second-order valence-corrected chi connectivity index (χ2v) is 6.12. The van der Waals surface area contributed by atoms with Crippen molar-refractivity contribution in [2.75, 3.05) is 26.7 Å². The Morgan fingerprint density at radius 3 is 2.80 bits per heavy atom. The van der Waals surface area contributed by atoms with Gasteiger partial charge in [-0.25, -0.2) is 4.39 Å². The molecule has 1 atom stereocenters. The molecule has 1 amide bonds. The number of hydrogen-bond acceptors (Lipinski definition) is 4. The standard InChI is InChI=1S/C18H25FN2O3.ClH/c1-24-17-6-4-14(11-15(17)19)16(22)5-7-18(23)21-10-8-13-3-2-9-20-12-13;/h4,6,11,13,20H,2-3,5,7-10,12H2,1H3,(H,21,23);1H. The topological polar surface area (TPSA) is 67.4 Å². The van der Waals surface area contributed by atoms with E-state index in [4.69, 9.17) is 4.74 Å². The number of Topliss-reactive ketones (excluding diaryl/α,β-unsaturated/α-hetero) is 1. The molecule has 1 aliphatic heterocycles. The minimum absolute atomic E-state index is 0. The van der Waals surface area contributed by atoms with Gasteiger partial charge in [0.25, 0.3) is 0 Å². The lowest BCUT2D eigenvalue weighted by Crippen LogP contribution is -2.33. The van der Waals surface area contributed by atoms with Crippen molar-refractivity contribution in [1.82, 2.24) is 10.6 Å². The van der Waals surface area contributed by atoms with E-state index < -0.39 is 5.82 Å². The predicted octanol–water partition coefficient (Wildman–Crippen LogP) is 2.72. The lowest BCUT2D eigenvalue weighted by molar-refractivity contribution is -0.121. The molecule has 1 aromatic carbocycles. The van der Waals surface area contributed by atoms with E-state index >= 15 is 0 Å². The smallest absolute Gasteiger partial charge is 0.220 e. The van der Waals surface area contributed by atoms with Gasteiger partial charge >= 0.3 is 0 Å². The van der Waals surface area contributed by atoms with Crippen molar-refractivity contribution in [3.05, 3.63) is 29.6 Å². The Hall–Kier alpha value is -1.66. The van der Waals surface area contributed by atoms with Crippen molar-refractivity contribution in [1.29, 1.82) is 0 Å². The number of piperidine rings is 1. The average Bonchev–Trinajstić information content (AvgIpc) is 2.60. The van der Waals surface area contributed by atoms with Crippen LogP contribution < -0.4 is 15.4 Å². The van der Waals surface area contributed by atoms with Crippen LogP contribution in [0.3, 0.4) is 0 Å². The van der Waals surface area contributed by atoms with Crippen LogP contribution in [-0.2, 0) is 4.79 Å². The molecule has 0 bridgehead atoms. The third-order valence-corrected chi connectivity index (χ3v) is 4.33. The molecule has 1 heterocycles. The molecular formula is C18H26ClFN2O3. The quantitative estimate of drug-likeness (QED) is 0.688. The summed E-state index contributed by atoms with van der Waals surface area (Å²) in [5, 5.41) is 6.20. The third-order valence-electron chi connectivity index (χ3n) is 4.33. The minimum Gasteiger partial charge on any atom is -0.494 e. The Kier molecular flexibility index (Phi) is 9.45. The van der Waals surface area contributed by atoms with Crippen LogP contribution in [0.4, 0.5) is 4.39 Å². The molecule has 1 aromatic rings. The van der Waals surface area contributed by atoms with Gasteiger partial charge in [0.2, 0.25) is 5.91 Å². The van der Waals surface area contributed by atoms with Crippen molar-refractivity contribution in [2.24, 2.45) is 5.92 Å². The van der Waals surface area contributed by atoms with Crippen LogP contribution in [0.1, 0.15) is 42.5 Å². The summed E-state index contributed by atoms with van der Waals surface area (Å²) >= 11 is 0. The number of halogens is 2. The summed E-state index contributed by atoms with van der Waals surface area (Å²) in [6, 6.07) is 4.08. The summed E-state index contributed by atoms with van der Waals surface area (Å²) in [5.74, 6) is -0.248. The summed E-state index contributed by atoms with van der Waals surface area (Å²) in [7, 11) is 1.37. The van der Waals surface area contributed by atoms with E-state index in [9.17, 15) is 14.0 Å². The van der Waals surface area contributed by atoms with E-state index in [0.29, 0.717) is 12.5 Å². The van der Waals surface area contributed by atoms with Crippen molar-refractivity contribution in [3.63, 3.8) is 0 Å². The maximum absolute atomic E-state index is 13.6. The number of hydrogen-bond donors (Lipinski definition) is 2. The molecule has 25 heavy (non-hydrogen) atoms. The van der Waals surface area contributed by atoms with E-state index in [1.165, 1.54) is 32.1 Å². The highest BCUT2D eigenvalue weighted by molar-refractivity contribution is 5.98. The van der Waals surface area contributed by atoms with E-state index in [1.54, 1.807) is 0 Å². The number of methoxy groups -OCH3 is 1. The van der Waals surface area contributed by atoms with Crippen LogP contribution in [0.25, 0.3) is 0 Å². The Morgan fingerprint density at radius 2 is 2.16 bits per heavy atom. The number of benzene rings is 1. The Balaban J connectivity index is 0.00000312. The number of rotatable bonds is 8. The van der Waals surface area contributed by atoms with Gasteiger partial charge in [-0.15, -0.1) is 12.4 Å². The van der Waals surface area contributed by atoms with Gasteiger partial charge in [0.05, 0.1) is 7.11 Å². The van der Waals surface area contributed by atoms with E-state index in [0.717, 1.165) is 25.6 Å². The molecule has 0 aromatic heterocycles. The van der Waals surface area contributed by atoms with Crippen LogP contribution in [0.2, 0.25) is 0 Å². The Morgan fingerprint density at radius 1 is 1.36 bits per heavy atom. The first-order valence-electron chi connectivity index (χ1n) is 8.44. The van der Waals surface area contributed by atoms with Crippen LogP contribution in [0, 0.1) is 11.7 Å². The minimum atomic E-state index is -0.575. The maximum Gasteiger partial charge on any atom is 0.220 e. The van der Waals surface area contributed by atoms with Gasteiger partial charge < -0.3 is 15.4 Å². The normalized spacial score (nSPS) is 16.6. The predicted molar refractivity (Wildman–Crippen MR) is 97.0 cm³/mol. The Bertz CT molecular complexity index is 577. The first-order chi connectivity index (χ1) is 11.6. The average molecular weight is 373 g/mol. The monoisotopic (exact) mass is 372 g/mol. The van der Waals surface area contributed by atoms with Gasteiger partial charge in [-0.05, 0) is 56.5 Å². The molecule has 0 radical (unpaired) electrons. The summed E-state index contributed by atoms with van der Waals surface area (Å²) in [6.45, 7) is 2.73. The fraction of sp³-hybridized carbons (Fsp3) is 0.556. The van der Waals surface area contributed by atoms with E-state index in [-0.39, 0.29) is 48.3 Å². The highest BCUT2D eigenvalue weighted by Gasteiger charge is 2.14. The summed E-state index contributed by atoms with van der Waals surface area (Å²) < 4.78 is 18.4. The fourth-order valence-corrected chi connectivity index (χ4v) is 2.89. The highest BCUT2D eigenvalue weighted by atomic mass is 35.5. The third kappa shape index (κ3) is 7.00. The van der Waals surface area contributed by atoms with Gasteiger partial charge in [0.1, 0.15) is 0 Å². The molecule has 0 aliphatic carbocycles. The van der Waals surface area contributed by atoms with Gasteiger partial charge in [-0.3, -0.25) is 9.59 Å². The Labute approximate surface area is 154 Å². The first kappa shape index (κ1) is 21.4. The van der Waals surface area contributed by atoms with Gasteiger partial charge in [-0.2, -0.15) is 0 Å². The molecular weight excluding hydrogens is 347 g/mol. The number of nitrogens with one attached hydrogen (secondary N) is 2. The number of ether oxygens (including phenoxy) is 1. The molecule has 1 aliphatic rings. The number of amides is 1.